The molecule has 0 aromatic heterocycles. The molecule has 0 fully saturated rings. The molecule has 0 saturated heterocycles. The Bertz CT molecular complexity index is 585. The number of hydrogen-bond donors (Lipinski definition) is 2. The molecule has 0 aliphatic carbocycles. The number of rotatable bonds is 3. The summed E-state index contributed by atoms with van der Waals surface area (Å²) in [6.07, 6.45) is 0. The van der Waals surface area contributed by atoms with Crippen molar-refractivity contribution in [3.05, 3.63) is 54.6 Å². The molecule has 2 aromatic rings. The first-order valence-corrected chi connectivity index (χ1v) is 5.84. The van der Waals surface area contributed by atoms with E-state index in [4.69, 9.17) is 0 Å². The molecule has 0 heterocycles. The summed E-state index contributed by atoms with van der Waals surface area (Å²) in [5.41, 5.74) is 1.73. The number of amides is 2. The molecule has 0 atom stereocenters. The summed E-state index contributed by atoms with van der Waals surface area (Å²) in [5, 5.41) is 7.73. The van der Waals surface area contributed by atoms with Gasteiger partial charge in [0.15, 0.2) is 0 Å². The van der Waals surface area contributed by atoms with E-state index in [9.17, 15) is 4.79 Å². The van der Waals surface area contributed by atoms with Gasteiger partial charge in [0.2, 0.25) is 0 Å². The molecule has 2 aromatic carbocycles. The van der Waals surface area contributed by atoms with E-state index in [1.165, 1.54) is 0 Å². The monoisotopic (exact) mass is 240 g/mol. The number of nitrogens with one attached hydrogen (secondary N) is 2. The van der Waals surface area contributed by atoms with Crippen molar-refractivity contribution in [3.8, 4) is 0 Å². The Labute approximate surface area is 107 Å². The summed E-state index contributed by atoms with van der Waals surface area (Å²) in [4.78, 5) is 11.7. The van der Waals surface area contributed by atoms with Crippen LogP contribution in [0.2, 0.25) is 0 Å². The van der Waals surface area contributed by atoms with Crippen LogP contribution in [0.5, 0.6) is 0 Å². The van der Waals surface area contributed by atoms with Crippen molar-refractivity contribution in [1.29, 1.82) is 0 Å². The molecule has 2 rings (SSSR count). The number of hydrogen-bond acceptors (Lipinski definition) is 1. The Kier molecular flexibility index (Phi) is 3.63. The Morgan fingerprint density at radius 3 is 2.67 bits per heavy atom. The van der Waals surface area contributed by atoms with Crippen molar-refractivity contribution in [2.45, 2.75) is 6.92 Å². The van der Waals surface area contributed by atoms with Crippen LogP contribution in [0.3, 0.4) is 0 Å². The SMILES string of the molecule is C=C(C)CNC(=O)Nc1cccc2ccccc12. The van der Waals surface area contributed by atoms with Gasteiger partial charge in [-0.15, -0.1) is 0 Å². The molecular formula is C15H16N2O. The van der Waals surface area contributed by atoms with Gasteiger partial charge in [-0.1, -0.05) is 48.6 Å². The Balaban J connectivity index is 2.16. The highest BCUT2D eigenvalue weighted by Gasteiger charge is 2.04. The molecule has 0 bridgehead atoms. The van der Waals surface area contributed by atoms with E-state index in [0.29, 0.717) is 6.54 Å². The van der Waals surface area contributed by atoms with Gasteiger partial charge < -0.3 is 10.6 Å². The third kappa shape index (κ3) is 2.88. The van der Waals surface area contributed by atoms with E-state index < -0.39 is 0 Å². The predicted octanol–water partition coefficient (Wildman–Crippen LogP) is 3.54. The Morgan fingerprint density at radius 2 is 1.89 bits per heavy atom. The predicted molar refractivity (Wildman–Crippen MR) is 75.8 cm³/mol. The van der Waals surface area contributed by atoms with Gasteiger partial charge in [-0.25, -0.2) is 4.79 Å². The standard InChI is InChI=1S/C15H16N2O/c1-11(2)10-16-15(18)17-14-9-5-7-12-6-3-4-8-13(12)14/h3-9H,1,10H2,2H3,(H2,16,17,18). The minimum atomic E-state index is -0.214. The molecule has 0 spiro atoms. The Hall–Kier alpha value is -2.29. The second kappa shape index (κ2) is 5.36. The summed E-state index contributed by atoms with van der Waals surface area (Å²) >= 11 is 0. The highest BCUT2D eigenvalue weighted by Crippen LogP contribution is 2.22. The lowest BCUT2D eigenvalue weighted by molar-refractivity contribution is 0.253. The zero-order valence-electron chi connectivity index (χ0n) is 10.4. The van der Waals surface area contributed by atoms with Gasteiger partial charge in [0.1, 0.15) is 0 Å². The number of benzene rings is 2. The van der Waals surface area contributed by atoms with E-state index in [1.54, 1.807) is 0 Å². The van der Waals surface area contributed by atoms with Crippen molar-refractivity contribution in [1.82, 2.24) is 5.32 Å². The minimum absolute atomic E-state index is 0.214. The number of fused-ring (bicyclic) bond motifs is 1. The third-order valence-electron chi connectivity index (χ3n) is 2.59. The molecule has 0 aliphatic heterocycles. The molecule has 2 amide bonds. The fourth-order valence-corrected chi connectivity index (χ4v) is 1.73. The molecule has 92 valence electrons. The second-order valence-electron chi connectivity index (χ2n) is 4.29. The summed E-state index contributed by atoms with van der Waals surface area (Å²) in [6.45, 7) is 6.10. The maximum Gasteiger partial charge on any atom is 0.319 e. The molecule has 3 heteroatoms. The van der Waals surface area contributed by atoms with Crippen molar-refractivity contribution < 1.29 is 4.79 Å². The first-order valence-electron chi connectivity index (χ1n) is 5.84. The van der Waals surface area contributed by atoms with Gasteiger partial charge in [-0.2, -0.15) is 0 Å². The van der Waals surface area contributed by atoms with Crippen molar-refractivity contribution >= 4 is 22.5 Å². The van der Waals surface area contributed by atoms with E-state index in [0.717, 1.165) is 22.0 Å². The lowest BCUT2D eigenvalue weighted by Crippen LogP contribution is -2.29. The van der Waals surface area contributed by atoms with E-state index >= 15 is 0 Å². The van der Waals surface area contributed by atoms with Gasteiger partial charge in [0.25, 0.3) is 0 Å². The third-order valence-corrected chi connectivity index (χ3v) is 2.59. The zero-order chi connectivity index (χ0) is 13.0. The Morgan fingerprint density at radius 1 is 1.17 bits per heavy atom. The lowest BCUT2D eigenvalue weighted by Gasteiger charge is -2.09. The topological polar surface area (TPSA) is 41.1 Å². The first kappa shape index (κ1) is 12.2. The summed E-state index contributed by atoms with van der Waals surface area (Å²) in [6, 6.07) is 13.6. The lowest BCUT2D eigenvalue weighted by atomic mass is 10.1. The quantitative estimate of drug-likeness (QED) is 0.792. The van der Waals surface area contributed by atoms with Crippen molar-refractivity contribution in [2.75, 3.05) is 11.9 Å². The molecule has 0 saturated carbocycles. The highest BCUT2D eigenvalue weighted by atomic mass is 16.2. The number of urea groups is 1. The molecule has 2 N–H and O–H groups in total. The van der Waals surface area contributed by atoms with Gasteiger partial charge in [-0.05, 0) is 18.4 Å². The van der Waals surface area contributed by atoms with Crippen molar-refractivity contribution in [3.63, 3.8) is 0 Å². The largest absolute Gasteiger partial charge is 0.334 e. The second-order valence-corrected chi connectivity index (χ2v) is 4.29. The van der Waals surface area contributed by atoms with Gasteiger partial charge >= 0.3 is 6.03 Å². The maximum absolute atomic E-state index is 11.7. The van der Waals surface area contributed by atoms with E-state index in [-0.39, 0.29) is 6.03 Å². The van der Waals surface area contributed by atoms with Crippen LogP contribution in [0.4, 0.5) is 10.5 Å². The van der Waals surface area contributed by atoms with Gasteiger partial charge in [-0.3, -0.25) is 0 Å². The van der Waals surface area contributed by atoms with Crippen LogP contribution in [0.1, 0.15) is 6.92 Å². The van der Waals surface area contributed by atoms with Crippen LogP contribution >= 0.6 is 0 Å². The summed E-state index contributed by atoms with van der Waals surface area (Å²) < 4.78 is 0. The van der Waals surface area contributed by atoms with E-state index in [2.05, 4.69) is 17.2 Å². The van der Waals surface area contributed by atoms with Crippen LogP contribution in [0.25, 0.3) is 10.8 Å². The first-order chi connectivity index (χ1) is 8.66. The molecule has 0 radical (unpaired) electrons. The number of carbonyl (C=O) groups excluding carboxylic acids is 1. The number of anilines is 1. The van der Waals surface area contributed by atoms with Gasteiger partial charge in [0.05, 0.1) is 5.69 Å². The fourth-order valence-electron chi connectivity index (χ4n) is 1.73. The van der Waals surface area contributed by atoms with Crippen LogP contribution in [0, 0.1) is 0 Å². The fraction of sp³-hybridized carbons (Fsp3) is 0.133. The normalized spacial score (nSPS) is 10.1. The van der Waals surface area contributed by atoms with Crippen LogP contribution in [0.15, 0.2) is 54.6 Å². The summed E-state index contributed by atoms with van der Waals surface area (Å²) in [5.74, 6) is 0. The molecule has 3 nitrogen and oxygen atoms in total. The average Bonchev–Trinajstić information content (AvgIpc) is 2.37. The smallest absolute Gasteiger partial charge is 0.319 e. The molecular weight excluding hydrogens is 224 g/mol. The van der Waals surface area contributed by atoms with Crippen LogP contribution in [-0.2, 0) is 0 Å². The maximum atomic E-state index is 11.7. The van der Waals surface area contributed by atoms with Crippen LogP contribution in [-0.4, -0.2) is 12.6 Å². The number of carbonyl (C=O) groups is 1. The molecule has 0 aliphatic rings. The molecule has 0 unspecified atom stereocenters. The average molecular weight is 240 g/mol. The summed E-state index contributed by atoms with van der Waals surface area (Å²) in [7, 11) is 0. The van der Waals surface area contributed by atoms with E-state index in [1.807, 2.05) is 49.4 Å². The van der Waals surface area contributed by atoms with Gasteiger partial charge in [0, 0.05) is 11.9 Å². The van der Waals surface area contributed by atoms with Crippen LogP contribution < -0.4 is 10.6 Å². The highest BCUT2D eigenvalue weighted by molar-refractivity contribution is 6.01. The zero-order valence-corrected chi connectivity index (χ0v) is 10.4. The van der Waals surface area contributed by atoms with Crippen molar-refractivity contribution in [2.24, 2.45) is 0 Å². The molecule has 18 heavy (non-hydrogen) atoms. The minimum Gasteiger partial charge on any atom is -0.334 e.